The average molecular weight is 433 g/mol. The highest BCUT2D eigenvalue weighted by Crippen LogP contribution is 2.25. The zero-order valence-corrected chi connectivity index (χ0v) is 17.1. The van der Waals surface area contributed by atoms with E-state index in [2.05, 4.69) is 32.4 Å². The maximum atomic E-state index is 12.2. The molecule has 3 rings (SSSR count). The van der Waals surface area contributed by atoms with Crippen molar-refractivity contribution in [2.45, 2.75) is 37.6 Å². The first-order valence-electron chi connectivity index (χ1n) is 9.34. The van der Waals surface area contributed by atoms with Gasteiger partial charge >= 0.3 is 6.61 Å². The second-order valence-corrected chi connectivity index (χ2v) is 7.48. The fraction of sp³-hybridized carbons (Fsp3) is 0.286. The summed E-state index contributed by atoms with van der Waals surface area (Å²) in [6, 6.07) is 16.0. The first-order valence-corrected chi connectivity index (χ1v) is 10.3. The Bertz CT molecular complexity index is 936. The number of ether oxygens (including phenoxy) is 1. The number of hydrogen-bond acceptors (Lipinski definition) is 6. The molecule has 1 aromatic heterocycles. The molecule has 0 saturated carbocycles. The Hall–Kier alpha value is -2.94. The lowest BCUT2D eigenvalue weighted by Crippen LogP contribution is -2.34. The van der Waals surface area contributed by atoms with Gasteiger partial charge in [-0.15, -0.1) is 10.2 Å². The fourth-order valence-corrected chi connectivity index (χ4v) is 3.28. The second kappa shape index (κ2) is 10.7. The number of aromatic nitrogens is 2. The lowest BCUT2D eigenvalue weighted by molar-refractivity contribution is -0.119. The predicted molar refractivity (Wildman–Crippen MR) is 109 cm³/mol. The molecule has 0 bridgehead atoms. The number of nitrogens with zero attached hydrogens (tertiary/aromatic N) is 2. The largest absolute Gasteiger partial charge is 0.435 e. The third kappa shape index (κ3) is 6.84. The van der Waals surface area contributed by atoms with Crippen LogP contribution in [0.3, 0.4) is 0 Å². The molecule has 0 fully saturated rings. The lowest BCUT2D eigenvalue weighted by Gasteiger charge is -2.13. The van der Waals surface area contributed by atoms with E-state index in [1.807, 2.05) is 25.1 Å². The Balaban J connectivity index is 1.43. The molecule has 9 heteroatoms. The van der Waals surface area contributed by atoms with Gasteiger partial charge in [0.2, 0.25) is 11.8 Å². The van der Waals surface area contributed by atoms with Gasteiger partial charge in [0, 0.05) is 11.6 Å². The van der Waals surface area contributed by atoms with Gasteiger partial charge in [0.25, 0.3) is 5.22 Å². The summed E-state index contributed by atoms with van der Waals surface area (Å²) in [5.74, 6) is 0.311. The monoisotopic (exact) mass is 433 g/mol. The average Bonchev–Trinajstić information content (AvgIpc) is 3.21. The number of benzene rings is 2. The number of carbonyl (C=O) groups is 1. The molecule has 0 aliphatic carbocycles. The van der Waals surface area contributed by atoms with Crippen LogP contribution >= 0.6 is 11.8 Å². The van der Waals surface area contributed by atoms with Crippen molar-refractivity contribution < 1.29 is 22.7 Å². The molecular weight excluding hydrogens is 412 g/mol. The highest BCUT2D eigenvalue weighted by atomic mass is 32.2. The van der Waals surface area contributed by atoms with Crippen molar-refractivity contribution >= 4 is 17.7 Å². The molecule has 0 saturated heterocycles. The quantitative estimate of drug-likeness (QED) is 0.472. The van der Waals surface area contributed by atoms with Gasteiger partial charge in [-0.2, -0.15) is 8.78 Å². The maximum Gasteiger partial charge on any atom is 0.387 e. The topological polar surface area (TPSA) is 77.2 Å². The molecule has 158 valence electrons. The van der Waals surface area contributed by atoms with Crippen LogP contribution in [0.5, 0.6) is 5.75 Å². The Kier molecular flexibility index (Phi) is 7.78. The smallest absolute Gasteiger partial charge is 0.387 e. The number of thioether (sulfide) groups is 1. The van der Waals surface area contributed by atoms with E-state index in [0.29, 0.717) is 5.56 Å². The zero-order valence-electron chi connectivity index (χ0n) is 16.3. The van der Waals surface area contributed by atoms with Crippen molar-refractivity contribution in [3.63, 3.8) is 0 Å². The molecular formula is C21H21F2N3O3S. The number of nitrogens with one attached hydrogen (secondary N) is 1. The molecule has 1 N–H and O–H groups in total. The van der Waals surface area contributed by atoms with Crippen LogP contribution in [0.2, 0.25) is 0 Å². The van der Waals surface area contributed by atoms with Gasteiger partial charge in [-0.3, -0.25) is 4.79 Å². The molecule has 1 atom stereocenters. The number of hydrogen-bond donors (Lipinski definition) is 1. The molecule has 1 heterocycles. The third-order valence-corrected chi connectivity index (χ3v) is 4.99. The van der Waals surface area contributed by atoms with Gasteiger partial charge in [-0.25, -0.2) is 0 Å². The Morgan fingerprint density at radius 2 is 1.87 bits per heavy atom. The molecule has 30 heavy (non-hydrogen) atoms. The van der Waals surface area contributed by atoms with Crippen molar-refractivity contribution in [2.24, 2.45) is 0 Å². The summed E-state index contributed by atoms with van der Waals surface area (Å²) in [5, 5.41) is 11.0. The summed E-state index contributed by atoms with van der Waals surface area (Å²) in [6.07, 6.45) is 1.74. The van der Waals surface area contributed by atoms with Crippen LogP contribution in [0.4, 0.5) is 8.78 Å². The van der Waals surface area contributed by atoms with E-state index < -0.39 is 6.61 Å². The molecule has 0 aliphatic rings. The van der Waals surface area contributed by atoms with Crippen LogP contribution in [-0.4, -0.2) is 34.5 Å². The van der Waals surface area contributed by atoms with Crippen molar-refractivity contribution in [3.8, 4) is 17.2 Å². The van der Waals surface area contributed by atoms with Crippen molar-refractivity contribution in [1.82, 2.24) is 15.5 Å². The van der Waals surface area contributed by atoms with Gasteiger partial charge in [-0.1, -0.05) is 42.1 Å². The Labute approximate surface area is 177 Å². The van der Waals surface area contributed by atoms with E-state index in [1.54, 1.807) is 12.1 Å². The summed E-state index contributed by atoms with van der Waals surface area (Å²) in [6.45, 7) is -0.910. The Morgan fingerprint density at radius 3 is 2.57 bits per heavy atom. The summed E-state index contributed by atoms with van der Waals surface area (Å²) in [7, 11) is 0. The summed E-state index contributed by atoms with van der Waals surface area (Å²) in [5.41, 5.74) is 1.80. The minimum Gasteiger partial charge on any atom is -0.435 e. The van der Waals surface area contributed by atoms with Crippen LogP contribution in [0.15, 0.2) is 64.2 Å². The highest BCUT2D eigenvalue weighted by Gasteiger charge is 2.13. The number of amides is 1. The number of rotatable bonds is 10. The molecule has 0 aliphatic heterocycles. The van der Waals surface area contributed by atoms with Crippen LogP contribution in [0.25, 0.3) is 11.5 Å². The minimum absolute atomic E-state index is 0.0425. The zero-order chi connectivity index (χ0) is 21.3. The number of carbonyl (C=O) groups excluding carboxylic acids is 1. The van der Waals surface area contributed by atoms with E-state index in [1.165, 1.54) is 17.7 Å². The van der Waals surface area contributed by atoms with Gasteiger partial charge in [0.15, 0.2) is 0 Å². The van der Waals surface area contributed by atoms with E-state index in [-0.39, 0.29) is 34.6 Å². The van der Waals surface area contributed by atoms with Gasteiger partial charge < -0.3 is 14.5 Å². The maximum absolute atomic E-state index is 12.2. The summed E-state index contributed by atoms with van der Waals surface area (Å²) in [4.78, 5) is 12.1. The van der Waals surface area contributed by atoms with Crippen LogP contribution < -0.4 is 10.1 Å². The Morgan fingerprint density at radius 1 is 1.13 bits per heavy atom. The summed E-state index contributed by atoms with van der Waals surface area (Å²) < 4.78 is 34.2. The third-order valence-electron chi connectivity index (χ3n) is 4.18. The van der Waals surface area contributed by atoms with Crippen molar-refractivity contribution in [3.05, 3.63) is 60.2 Å². The van der Waals surface area contributed by atoms with Crippen LogP contribution in [-0.2, 0) is 11.2 Å². The minimum atomic E-state index is -2.88. The van der Waals surface area contributed by atoms with Gasteiger partial charge in [-0.05, 0) is 49.6 Å². The van der Waals surface area contributed by atoms with E-state index in [0.717, 1.165) is 24.6 Å². The van der Waals surface area contributed by atoms with Crippen LogP contribution in [0.1, 0.15) is 18.9 Å². The standard InChI is InChI=1S/C21H21F2N3O3S/c1-14(7-8-15-5-3-2-4-6-15)24-18(27)13-30-21-26-25-19(29-21)16-9-11-17(12-10-16)28-20(22)23/h2-6,9-12,14,20H,7-8,13H2,1H3,(H,24,27)/t14-/m1/s1. The fourth-order valence-electron chi connectivity index (χ4n) is 2.71. The second-order valence-electron chi connectivity index (χ2n) is 6.56. The normalized spacial score (nSPS) is 12.0. The molecule has 3 aromatic rings. The molecule has 2 aromatic carbocycles. The highest BCUT2D eigenvalue weighted by molar-refractivity contribution is 7.99. The van der Waals surface area contributed by atoms with Crippen molar-refractivity contribution in [2.75, 3.05) is 5.75 Å². The molecule has 1 amide bonds. The van der Waals surface area contributed by atoms with E-state index >= 15 is 0 Å². The van der Waals surface area contributed by atoms with Gasteiger partial charge in [0.05, 0.1) is 5.75 Å². The number of alkyl halides is 2. The number of halogens is 2. The SMILES string of the molecule is C[C@H](CCc1ccccc1)NC(=O)CSc1nnc(-c2ccc(OC(F)F)cc2)o1. The predicted octanol–water partition coefficient (Wildman–Crippen LogP) is 4.57. The first-order chi connectivity index (χ1) is 14.5. The van der Waals surface area contributed by atoms with Gasteiger partial charge in [0.1, 0.15) is 5.75 Å². The molecule has 0 radical (unpaired) electrons. The first kappa shape index (κ1) is 21.8. The number of aryl methyl sites for hydroxylation is 1. The van der Waals surface area contributed by atoms with Crippen LogP contribution in [0, 0.1) is 0 Å². The lowest BCUT2D eigenvalue weighted by atomic mass is 10.1. The molecule has 6 nitrogen and oxygen atoms in total. The van der Waals surface area contributed by atoms with Crippen molar-refractivity contribution in [1.29, 1.82) is 0 Å². The van der Waals surface area contributed by atoms with E-state index in [4.69, 9.17) is 4.42 Å². The molecule has 0 spiro atoms. The van der Waals surface area contributed by atoms with E-state index in [9.17, 15) is 13.6 Å². The summed E-state index contributed by atoms with van der Waals surface area (Å²) >= 11 is 1.14. The molecule has 0 unspecified atom stereocenters.